The number of aliphatic hydroxyl groups excluding tert-OH is 4. The van der Waals surface area contributed by atoms with Crippen LogP contribution in [0.25, 0.3) is 0 Å². The van der Waals surface area contributed by atoms with Gasteiger partial charge in [0, 0.05) is 45.1 Å². The van der Waals surface area contributed by atoms with E-state index in [-0.39, 0.29) is 24.7 Å². The van der Waals surface area contributed by atoms with Crippen LogP contribution < -0.4 is 0 Å². The number of aliphatic hydroxyl groups is 4. The molecule has 0 saturated carbocycles. The van der Waals surface area contributed by atoms with Gasteiger partial charge in [-0.1, -0.05) is 52.3 Å². The van der Waals surface area contributed by atoms with Crippen molar-refractivity contribution in [1.82, 2.24) is 9.80 Å². The number of hydrogen-bond acceptors (Lipinski definition) is 15. The zero-order valence-corrected chi connectivity index (χ0v) is 38.9. The second-order valence-corrected chi connectivity index (χ2v) is 18.9. The Hall–Kier alpha value is -1.86. The fraction of sp³-hybridized carbons (Fsp3) is 0.870. The fourth-order valence-electron chi connectivity index (χ4n) is 10.0. The maximum atomic E-state index is 14.0. The average molecular weight is 869 g/mol. The van der Waals surface area contributed by atoms with Gasteiger partial charge < -0.3 is 63.4 Å². The van der Waals surface area contributed by atoms with Crippen molar-refractivity contribution in [2.24, 2.45) is 35.5 Å². The molecule has 15 heteroatoms. The van der Waals surface area contributed by atoms with Crippen LogP contribution in [0.15, 0.2) is 23.8 Å². The van der Waals surface area contributed by atoms with Crippen LogP contribution in [0.1, 0.15) is 87.5 Å². The van der Waals surface area contributed by atoms with Gasteiger partial charge in [0.25, 0.3) is 0 Å². The molecule has 0 bridgehead atoms. The Morgan fingerprint density at radius 2 is 1.44 bits per heavy atom. The summed E-state index contributed by atoms with van der Waals surface area (Å²) in [6, 6.07) is -0.684. The molecule has 3 fully saturated rings. The zero-order valence-electron chi connectivity index (χ0n) is 38.9. The summed E-state index contributed by atoms with van der Waals surface area (Å²) >= 11 is 0. The highest BCUT2D eigenvalue weighted by Gasteiger charge is 2.48. The van der Waals surface area contributed by atoms with Crippen LogP contribution in [-0.4, -0.2) is 176 Å². The Balaban J connectivity index is 1.68. The molecule has 0 aromatic rings. The van der Waals surface area contributed by atoms with E-state index in [4.69, 9.17) is 33.2 Å². The third kappa shape index (κ3) is 13.8. The molecular weight excluding hydrogens is 789 g/mol. The molecule has 4 aliphatic heterocycles. The molecule has 352 valence electrons. The van der Waals surface area contributed by atoms with E-state index in [1.165, 1.54) is 20.6 Å². The first-order chi connectivity index (χ1) is 28.8. The quantitative estimate of drug-likeness (QED) is 0.209. The summed E-state index contributed by atoms with van der Waals surface area (Å²) < 4.78 is 42.6. The Morgan fingerprint density at radius 1 is 0.820 bits per heavy atom. The third-order valence-electron chi connectivity index (χ3n) is 13.5. The summed E-state index contributed by atoms with van der Waals surface area (Å²) in [5, 5.41) is 45.3. The number of ketones is 1. The molecule has 3 saturated heterocycles. The highest BCUT2D eigenvalue weighted by Crippen LogP contribution is 2.36. The molecule has 61 heavy (non-hydrogen) atoms. The number of methoxy groups -OCH3 is 2. The summed E-state index contributed by atoms with van der Waals surface area (Å²) in [5.41, 5.74) is 0.761. The zero-order chi connectivity index (χ0) is 45.3. The van der Waals surface area contributed by atoms with E-state index in [0.29, 0.717) is 31.1 Å². The SMILES string of the molecule is CC[C@H]1OC(=O)C[C@@H](O)[C@H](C)[C@@H](O[C@@H]2O[C@H](C)[C@@H](O)[C@H](N(C)C)[C@H]2O)[C@@H](CCN2C[C@H](C)C[C@H](C)C2)C[C@@H](C)C(=O)/C=C\C(C)=C\[C@@H]1CO[C@@H]1O[C@H](C)[C@@H](O)[C@@H](OC)[C@H]1OC. The number of rotatable bonds is 12. The summed E-state index contributed by atoms with van der Waals surface area (Å²) in [5.74, 6) is -1.46. The summed E-state index contributed by atoms with van der Waals surface area (Å²) in [6.45, 7) is 18.2. The van der Waals surface area contributed by atoms with Crippen molar-refractivity contribution in [2.75, 3.05) is 54.6 Å². The molecule has 4 heterocycles. The number of carbonyl (C=O) groups is 2. The molecular formula is C46H80N2O13. The molecule has 15 nitrogen and oxygen atoms in total. The average Bonchev–Trinajstić information content (AvgIpc) is 3.19. The highest BCUT2D eigenvalue weighted by molar-refractivity contribution is 5.91. The van der Waals surface area contributed by atoms with E-state index >= 15 is 0 Å². The second kappa shape index (κ2) is 23.9. The summed E-state index contributed by atoms with van der Waals surface area (Å²) in [4.78, 5) is 32.1. The maximum absolute atomic E-state index is 14.0. The van der Waals surface area contributed by atoms with Crippen molar-refractivity contribution in [1.29, 1.82) is 0 Å². The normalized spacial score (nSPS) is 44.3. The highest BCUT2D eigenvalue weighted by atomic mass is 16.7. The molecule has 0 aromatic heterocycles. The molecule has 0 aliphatic carbocycles. The Morgan fingerprint density at radius 3 is 2.05 bits per heavy atom. The van der Waals surface area contributed by atoms with Crippen LogP contribution in [-0.2, 0) is 42.7 Å². The van der Waals surface area contributed by atoms with Crippen LogP contribution in [0.3, 0.4) is 0 Å². The van der Waals surface area contributed by atoms with Gasteiger partial charge in [0.15, 0.2) is 18.4 Å². The van der Waals surface area contributed by atoms with Crippen molar-refractivity contribution < 1.29 is 63.2 Å². The van der Waals surface area contributed by atoms with E-state index in [0.717, 1.165) is 25.2 Å². The van der Waals surface area contributed by atoms with Gasteiger partial charge >= 0.3 is 5.97 Å². The number of piperidine rings is 1. The first-order valence-corrected chi connectivity index (χ1v) is 22.6. The van der Waals surface area contributed by atoms with Crippen LogP contribution in [0, 0.1) is 35.5 Å². The number of nitrogens with zero attached hydrogens (tertiary/aromatic N) is 2. The molecule has 0 radical (unpaired) electrons. The monoisotopic (exact) mass is 869 g/mol. The van der Waals surface area contributed by atoms with Gasteiger partial charge in [-0.25, -0.2) is 0 Å². The largest absolute Gasteiger partial charge is 0.462 e. The number of likely N-dealkylation sites (N-methyl/N-ethyl adjacent to an activating group) is 1. The molecule has 4 rings (SSSR count). The molecule has 0 amide bonds. The summed E-state index contributed by atoms with van der Waals surface area (Å²) in [6.07, 6.45) is -2.96. The van der Waals surface area contributed by atoms with Gasteiger partial charge in [-0.05, 0) is 90.9 Å². The standard InChI is InChI=1S/C46H80N2O13/c1-13-36-33(24-57-46-44(56-12)43(55-11)40(53)31(8)59-46)19-25(2)14-15-34(49)28(5)20-32(16-17-48-22-26(3)18-27(4)23-48)42(29(6)35(50)21-37(51)60-36)61-45-41(54)38(47(9)10)39(52)30(7)58-45/h14-15,19,26-33,35-36,38-46,50,52-54H,13,16-18,20-24H2,1-12H3/b15-14-,25-19+/t26-,27+,28-,29+,30-,31-,32+,33-,35-,36-,38+,39-,40-,41-,42-,43-,44-,45+,46-/m1/s1. The number of hydrogen-bond donors (Lipinski definition) is 4. The Kier molecular flexibility index (Phi) is 20.3. The lowest BCUT2D eigenvalue weighted by molar-refractivity contribution is -0.304. The van der Waals surface area contributed by atoms with Crippen molar-refractivity contribution in [3.63, 3.8) is 0 Å². The number of esters is 1. The van der Waals surface area contributed by atoms with Crippen molar-refractivity contribution in [2.45, 2.75) is 167 Å². The predicted molar refractivity (Wildman–Crippen MR) is 229 cm³/mol. The van der Waals surface area contributed by atoms with E-state index in [1.54, 1.807) is 45.0 Å². The number of likely N-dealkylation sites (tertiary alicyclic amines) is 1. The van der Waals surface area contributed by atoms with Gasteiger partial charge in [-0.2, -0.15) is 0 Å². The van der Waals surface area contributed by atoms with Crippen LogP contribution in [0.5, 0.6) is 0 Å². The van der Waals surface area contributed by atoms with Gasteiger partial charge in [0.1, 0.15) is 30.5 Å². The fourth-order valence-corrected chi connectivity index (χ4v) is 10.0. The van der Waals surface area contributed by atoms with Gasteiger partial charge in [0.2, 0.25) is 0 Å². The molecule has 0 aromatic carbocycles. The van der Waals surface area contributed by atoms with Crippen molar-refractivity contribution in [3.8, 4) is 0 Å². The van der Waals surface area contributed by atoms with Gasteiger partial charge in [-0.15, -0.1) is 0 Å². The van der Waals surface area contributed by atoms with Gasteiger partial charge in [0.05, 0.1) is 49.6 Å². The summed E-state index contributed by atoms with van der Waals surface area (Å²) in [7, 11) is 6.54. The van der Waals surface area contributed by atoms with Crippen molar-refractivity contribution >= 4 is 11.8 Å². The Labute approximate surface area is 365 Å². The number of allylic oxidation sites excluding steroid dienone is 3. The number of cyclic esters (lactones) is 1. The third-order valence-corrected chi connectivity index (χ3v) is 13.5. The van der Waals surface area contributed by atoms with Crippen molar-refractivity contribution in [3.05, 3.63) is 23.8 Å². The molecule has 0 spiro atoms. The maximum Gasteiger partial charge on any atom is 0.308 e. The minimum Gasteiger partial charge on any atom is -0.462 e. The molecule has 19 atom stereocenters. The second-order valence-electron chi connectivity index (χ2n) is 18.9. The Bertz CT molecular complexity index is 1420. The topological polar surface area (TPSA) is 186 Å². The lowest BCUT2D eigenvalue weighted by atomic mass is 9.79. The number of ether oxygens (including phenoxy) is 7. The van der Waals surface area contributed by atoms with Crippen LogP contribution in [0.2, 0.25) is 0 Å². The minimum atomic E-state index is -1.23. The van der Waals surface area contributed by atoms with E-state index in [2.05, 4.69) is 18.7 Å². The van der Waals surface area contributed by atoms with Crippen LogP contribution in [0.4, 0.5) is 0 Å². The first kappa shape index (κ1) is 51.8. The molecule has 0 unspecified atom stereocenters. The smallest absolute Gasteiger partial charge is 0.308 e. The minimum absolute atomic E-state index is 0.0427. The van der Waals surface area contributed by atoms with E-state index < -0.39 is 103 Å². The molecule has 4 aliphatic rings. The molecule has 4 N–H and O–H groups in total. The number of carbonyl (C=O) groups excluding carboxylic acids is 2. The predicted octanol–water partition coefficient (Wildman–Crippen LogP) is 3.34. The van der Waals surface area contributed by atoms with Gasteiger partial charge in [-0.3, -0.25) is 9.59 Å². The lowest BCUT2D eigenvalue weighted by Crippen LogP contribution is -2.63. The first-order valence-electron chi connectivity index (χ1n) is 22.6. The van der Waals surface area contributed by atoms with Crippen LogP contribution >= 0.6 is 0 Å². The van der Waals surface area contributed by atoms with E-state index in [1.807, 2.05) is 33.8 Å². The van der Waals surface area contributed by atoms with E-state index in [9.17, 15) is 30.0 Å². The lowest BCUT2D eigenvalue weighted by Gasteiger charge is -2.47.